The van der Waals surface area contributed by atoms with Crippen molar-refractivity contribution >= 4 is 40.6 Å². The SMILES string of the molecule is CC(C)(Sc1nc(CCOc2ccc(OCc3ccc(Cl)cc3)cc2)cs1)C(=O)N=O. The summed E-state index contributed by atoms with van der Waals surface area (Å²) in [7, 11) is 0. The van der Waals surface area contributed by atoms with Crippen LogP contribution in [0.2, 0.25) is 5.02 Å². The van der Waals surface area contributed by atoms with Gasteiger partial charge < -0.3 is 9.47 Å². The molecular weight excluding hydrogens is 456 g/mol. The van der Waals surface area contributed by atoms with Gasteiger partial charge in [0.15, 0.2) is 4.34 Å². The topological polar surface area (TPSA) is 77.8 Å². The number of carbonyl (C=O) groups is 1. The Morgan fingerprint density at radius 1 is 1.10 bits per heavy atom. The number of carbonyl (C=O) groups excluding carboxylic acids is 1. The zero-order valence-corrected chi connectivity index (χ0v) is 19.4. The predicted octanol–water partition coefficient (Wildman–Crippen LogP) is 6.16. The van der Waals surface area contributed by atoms with E-state index in [1.165, 1.54) is 23.1 Å². The van der Waals surface area contributed by atoms with Crippen LogP contribution in [-0.2, 0) is 17.8 Å². The van der Waals surface area contributed by atoms with Crippen LogP contribution in [0.3, 0.4) is 0 Å². The smallest absolute Gasteiger partial charge is 0.302 e. The number of ether oxygens (including phenoxy) is 2. The molecule has 31 heavy (non-hydrogen) atoms. The van der Waals surface area contributed by atoms with Crippen LogP contribution in [0.15, 0.2) is 63.4 Å². The van der Waals surface area contributed by atoms with E-state index in [1.807, 2.05) is 53.9 Å². The van der Waals surface area contributed by atoms with Crippen molar-refractivity contribution in [2.75, 3.05) is 6.61 Å². The maximum atomic E-state index is 11.6. The van der Waals surface area contributed by atoms with E-state index < -0.39 is 10.7 Å². The van der Waals surface area contributed by atoms with Crippen molar-refractivity contribution in [1.82, 2.24) is 4.98 Å². The van der Waals surface area contributed by atoms with E-state index in [0.717, 1.165) is 27.1 Å². The first-order chi connectivity index (χ1) is 14.9. The minimum absolute atomic E-state index is 0.465. The molecular formula is C22H21ClN2O4S2. The van der Waals surface area contributed by atoms with Crippen LogP contribution in [0.25, 0.3) is 0 Å². The fourth-order valence-electron chi connectivity index (χ4n) is 2.47. The summed E-state index contributed by atoms with van der Waals surface area (Å²) in [5.74, 6) is 0.802. The van der Waals surface area contributed by atoms with Crippen molar-refractivity contribution in [2.45, 2.75) is 36.0 Å². The molecule has 1 heterocycles. The molecule has 0 radical (unpaired) electrons. The fraction of sp³-hybridized carbons (Fsp3) is 0.273. The lowest BCUT2D eigenvalue weighted by molar-refractivity contribution is -0.119. The molecule has 0 saturated carbocycles. The van der Waals surface area contributed by atoms with E-state index >= 15 is 0 Å². The highest BCUT2D eigenvalue weighted by molar-refractivity contribution is 8.03. The summed E-state index contributed by atoms with van der Waals surface area (Å²) in [5, 5.41) is 5.14. The summed E-state index contributed by atoms with van der Waals surface area (Å²) in [6.45, 7) is 4.26. The van der Waals surface area contributed by atoms with Crippen LogP contribution in [0.5, 0.6) is 11.5 Å². The van der Waals surface area contributed by atoms with E-state index in [4.69, 9.17) is 21.1 Å². The van der Waals surface area contributed by atoms with Gasteiger partial charge in [-0.05, 0) is 55.8 Å². The molecule has 1 amide bonds. The number of nitroso groups, excluding NO2 is 1. The van der Waals surface area contributed by atoms with Crippen LogP contribution in [-0.4, -0.2) is 22.2 Å². The molecule has 0 fully saturated rings. The highest BCUT2D eigenvalue weighted by Crippen LogP contribution is 2.35. The molecule has 0 saturated heterocycles. The molecule has 3 rings (SSSR count). The van der Waals surface area contributed by atoms with Gasteiger partial charge in [-0.1, -0.05) is 35.5 Å². The number of aromatic nitrogens is 1. The van der Waals surface area contributed by atoms with E-state index in [-0.39, 0.29) is 0 Å². The molecule has 9 heteroatoms. The largest absolute Gasteiger partial charge is 0.493 e. The second-order valence-corrected chi connectivity index (χ2v) is 10.3. The van der Waals surface area contributed by atoms with Gasteiger partial charge in [-0.2, -0.15) is 0 Å². The number of rotatable bonds is 10. The van der Waals surface area contributed by atoms with Gasteiger partial charge in [-0.15, -0.1) is 16.2 Å². The Morgan fingerprint density at radius 3 is 2.39 bits per heavy atom. The molecule has 0 aliphatic rings. The Hall–Kier alpha value is -2.42. The normalized spacial score (nSPS) is 11.2. The average molecular weight is 477 g/mol. The van der Waals surface area contributed by atoms with Gasteiger partial charge in [0.1, 0.15) is 22.9 Å². The first-order valence-electron chi connectivity index (χ1n) is 9.47. The first kappa shape index (κ1) is 23.2. The molecule has 0 bridgehead atoms. The number of thiazole rings is 1. The highest BCUT2D eigenvalue weighted by atomic mass is 35.5. The van der Waals surface area contributed by atoms with Gasteiger partial charge in [-0.3, -0.25) is 4.79 Å². The van der Waals surface area contributed by atoms with E-state index in [0.29, 0.717) is 24.7 Å². The summed E-state index contributed by atoms with van der Waals surface area (Å²) in [6.07, 6.45) is 0.631. The molecule has 0 atom stereocenters. The molecule has 0 aliphatic heterocycles. The maximum Gasteiger partial charge on any atom is 0.302 e. The Kier molecular flexibility index (Phi) is 8.06. The summed E-state index contributed by atoms with van der Waals surface area (Å²) < 4.78 is 11.3. The van der Waals surface area contributed by atoms with Crippen LogP contribution in [0.4, 0.5) is 0 Å². The van der Waals surface area contributed by atoms with Crippen LogP contribution in [0.1, 0.15) is 25.1 Å². The summed E-state index contributed by atoms with van der Waals surface area (Å²) >= 11 is 8.56. The molecule has 0 unspecified atom stereocenters. The number of benzene rings is 2. The Morgan fingerprint density at radius 2 is 1.74 bits per heavy atom. The Labute approximate surface area is 193 Å². The molecule has 0 N–H and O–H groups in total. The van der Waals surface area contributed by atoms with E-state index in [1.54, 1.807) is 13.8 Å². The van der Waals surface area contributed by atoms with Crippen molar-refractivity contribution < 1.29 is 14.3 Å². The standard InChI is InChI=1S/C22H21ClN2O4S2/c1-22(2,20(26)25-27)31-21-24-17(14-30-21)11-12-28-18-7-9-19(10-8-18)29-13-15-3-5-16(23)6-4-15/h3-10,14H,11-13H2,1-2H3. The Balaban J connectivity index is 1.43. The molecule has 162 valence electrons. The minimum Gasteiger partial charge on any atom is -0.493 e. The Bertz CT molecular complexity index is 1020. The molecule has 6 nitrogen and oxygen atoms in total. The molecule has 1 aromatic heterocycles. The zero-order chi connectivity index (χ0) is 22.3. The van der Waals surface area contributed by atoms with Gasteiger partial charge in [0.2, 0.25) is 0 Å². The number of nitrogens with zero attached hydrogens (tertiary/aromatic N) is 2. The average Bonchev–Trinajstić information content (AvgIpc) is 3.20. The lowest BCUT2D eigenvalue weighted by Gasteiger charge is -2.15. The second-order valence-electron chi connectivity index (χ2n) is 7.10. The lowest BCUT2D eigenvalue weighted by atomic mass is 10.2. The van der Waals surface area contributed by atoms with E-state index in [2.05, 4.69) is 10.2 Å². The predicted molar refractivity (Wildman–Crippen MR) is 124 cm³/mol. The van der Waals surface area contributed by atoms with Crippen molar-refractivity contribution in [3.05, 3.63) is 75.1 Å². The van der Waals surface area contributed by atoms with Crippen molar-refractivity contribution in [3.63, 3.8) is 0 Å². The minimum atomic E-state index is -0.926. The third-order valence-electron chi connectivity index (χ3n) is 4.24. The lowest BCUT2D eigenvalue weighted by Crippen LogP contribution is -2.25. The van der Waals surface area contributed by atoms with Crippen LogP contribution in [0, 0.1) is 4.91 Å². The van der Waals surface area contributed by atoms with Gasteiger partial charge in [0.25, 0.3) is 0 Å². The third-order valence-corrected chi connectivity index (χ3v) is 6.66. The molecule has 3 aromatic rings. The zero-order valence-electron chi connectivity index (χ0n) is 17.0. The molecule has 2 aromatic carbocycles. The van der Waals surface area contributed by atoms with Crippen molar-refractivity contribution in [2.24, 2.45) is 5.18 Å². The van der Waals surface area contributed by atoms with Crippen molar-refractivity contribution in [3.8, 4) is 11.5 Å². The molecule has 0 spiro atoms. The van der Waals surface area contributed by atoms with Gasteiger partial charge >= 0.3 is 5.91 Å². The summed E-state index contributed by atoms with van der Waals surface area (Å²) in [5.41, 5.74) is 1.92. The van der Waals surface area contributed by atoms with Crippen molar-refractivity contribution in [1.29, 1.82) is 0 Å². The number of thioether (sulfide) groups is 1. The van der Waals surface area contributed by atoms with E-state index in [9.17, 15) is 9.70 Å². The fourth-order valence-corrected chi connectivity index (χ4v) is 4.86. The quantitative estimate of drug-likeness (QED) is 0.257. The molecule has 0 aliphatic carbocycles. The van der Waals surface area contributed by atoms with Gasteiger partial charge in [-0.25, -0.2) is 4.98 Å². The van der Waals surface area contributed by atoms with Gasteiger partial charge in [0, 0.05) is 22.0 Å². The van der Waals surface area contributed by atoms with Gasteiger partial charge in [0.05, 0.1) is 12.3 Å². The second kappa shape index (κ2) is 10.7. The third kappa shape index (κ3) is 7.05. The maximum absolute atomic E-state index is 11.6. The summed E-state index contributed by atoms with van der Waals surface area (Å²) in [6, 6.07) is 15.0. The first-order valence-corrected chi connectivity index (χ1v) is 11.5. The number of hydrogen-bond donors (Lipinski definition) is 0. The monoisotopic (exact) mass is 476 g/mol. The highest BCUT2D eigenvalue weighted by Gasteiger charge is 2.31. The van der Waals surface area contributed by atoms with Crippen LogP contribution >= 0.6 is 34.7 Å². The van der Waals surface area contributed by atoms with Crippen LogP contribution < -0.4 is 9.47 Å². The summed E-state index contributed by atoms with van der Waals surface area (Å²) in [4.78, 5) is 26.6. The number of halogens is 1. The number of amides is 1. The number of hydrogen-bond acceptors (Lipinski definition) is 7.